The van der Waals surface area contributed by atoms with Crippen molar-refractivity contribution < 1.29 is 19.4 Å². The van der Waals surface area contributed by atoms with Crippen LogP contribution in [0.5, 0.6) is 0 Å². The summed E-state index contributed by atoms with van der Waals surface area (Å²) in [5, 5.41) is 11.5. The third-order valence-corrected chi connectivity index (χ3v) is 3.03. The highest BCUT2D eigenvalue weighted by molar-refractivity contribution is 5.76. The first-order valence-corrected chi connectivity index (χ1v) is 6.41. The van der Waals surface area contributed by atoms with E-state index in [2.05, 4.69) is 10.3 Å². The van der Waals surface area contributed by atoms with Gasteiger partial charge in [-0.2, -0.15) is 4.98 Å². The normalized spacial score (nSPS) is 10.4. The number of carboxylic acid groups (broad SMARTS) is 1. The van der Waals surface area contributed by atoms with Crippen molar-refractivity contribution in [2.75, 3.05) is 20.3 Å². The number of hydrogen-bond donors (Lipinski definition) is 2. The predicted molar refractivity (Wildman–Crippen MR) is 74.2 cm³/mol. The van der Waals surface area contributed by atoms with Crippen molar-refractivity contribution in [3.63, 3.8) is 0 Å². The second-order valence-corrected chi connectivity index (χ2v) is 4.54. The van der Waals surface area contributed by atoms with Crippen LogP contribution in [-0.4, -0.2) is 46.8 Å². The highest BCUT2D eigenvalue weighted by Crippen LogP contribution is 2.10. The Balaban J connectivity index is 2.99. The van der Waals surface area contributed by atoms with Crippen LogP contribution in [0.4, 0.5) is 0 Å². The standard InChI is InChI=1S/C13H19N3O5/c1-8-10(6-12(18)19)9(2)16(13(20)15-8)7-11(17)14-4-5-21-3/h4-7H2,1-3H3,(H,14,17)(H,18,19). The minimum Gasteiger partial charge on any atom is -0.481 e. The molecule has 8 heteroatoms. The average Bonchev–Trinajstić information content (AvgIpc) is 2.39. The van der Waals surface area contributed by atoms with Gasteiger partial charge in [0.2, 0.25) is 5.91 Å². The molecule has 0 saturated carbocycles. The molecule has 0 unspecified atom stereocenters. The Morgan fingerprint density at radius 1 is 1.38 bits per heavy atom. The smallest absolute Gasteiger partial charge is 0.348 e. The fourth-order valence-corrected chi connectivity index (χ4v) is 1.92. The molecule has 1 rings (SSSR count). The molecule has 1 amide bonds. The van der Waals surface area contributed by atoms with E-state index in [1.165, 1.54) is 11.7 Å². The van der Waals surface area contributed by atoms with Crippen LogP contribution in [0, 0.1) is 13.8 Å². The highest BCUT2D eigenvalue weighted by atomic mass is 16.5. The van der Waals surface area contributed by atoms with Gasteiger partial charge in [0.15, 0.2) is 0 Å². The van der Waals surface area contributed by atoms with Gasteiger partial charge in [0, 0.05) is 30.6 Å². The Morgan fingerprint density at radius 3 is 2.62 bits per heavy atom. The van der Waals surface area contributed by atoms with Crippen LogP contribution in [0.2, 0.25) is 0 Å². The number of ether oxygens (including phenoxy) is 1. The zero-order valence-electron chi connectivity index (χ0n) is 12.3. The molecule has 21 heavy (non-hydrogen) atoms. The van der Waals surface area contributed by atoms with E-state index in [1.807, 2.05) is 0 Å². The van der Waals surface area contributed by atoms with Crippen LogP contribution >= 0.6 is 0 Å². The van der Waals surface area contributed by atoms with Crippen LogP contribution in [0.25, 0.3) is 0 Å². The number of rotatable bonds is 7. The molecule has 116 valence electrons. The van der Waals surface area contributed by atoms with E-state index in [4.69, 9.17) is 9.84 Å². The molecule has 0 spiro atoms. The second-order valence-electron chi connectivity index (χ2n) is 4.54. The number of nitrogens with zero attached hydrogens (tertiary/aromatic N) is 2. The Morgan fingerprint density at radius 2 is 2.05 bits per heavy atom. The lowest BCUT2D eigenvalue weighted by molar-refractivity contribution is -0.136. The van der Waals surface area contributed by atoms with Gasteiger partial charge in [-0.1, -0.05) is 0 Å². The van der Waals surface area contributed by atoms with Crippen molar-refractivity contribution in [3.8, 4) is 0 Å². The Kier molecular flexibility index (Phi) is 6.04. The van der Waals surface area contributed by atoms with E-state index in [-0.39, 0.29) is 18.9 Å². The number of aliphatic carboxylic acids is 1. The van der Waals surface area contributed by atoms with E-state index in [0.29, 0.717) is 30.1 Å². The number of amides is 1. The Labute approximate surface area is 121 Å². The van der Waals surface area contributed by atoms with E-state index >= 15 is 0 Å². The third kappa shape index (κ3) is 4.67. The first-order valence-electron chi connectivity index (χ1n) is 6.41. The van der Waals surface area contributed by atoms with Crippen molar-refractivity contribution >= 4 is 11.9 Å². The number of carboxylic acids is 1. The SMILES string of the molecule is COCCNC(=O)Cn1c(C)c(CC(=O)O)c(C)nc1=O. The lowest BCUT2D eigenvalue weighted by Crippen LogP contribution is -2.36. The fraction of sp³-hybridized carbons (Fsp3) is 0.538. The topological polar surface area (TPSA) is 111 Å². The quantitative estimate of drug-likeness (QED) is 0.641. The summed E-state index contributed by atoms with van der Waals surface area (Å²) in [7, 11) is 1.52. The highest BCUT2D eigenvalue weighted by Gasteiger charge is 2.15. The molecule has 0 saturated heterocycles. The van der Waals surface area contributed by atoms with Gasteiger partial charge >= 0.3 is 11.7 Å². The minimum absolute atomic E-state index is 0.200. The van der Waals surface area contributed by atoms with Gasteiger partial charge in [-0.3, -0.25) is 14.2 Å². The molecule has 0 radical (unpaired) electrons. The van der Waals surface area contributed by atoms with E-state index in [1.54, 1.807) is 13.8 Å². The van der Waals surface area contributed by atoms with Crippen molar-refractivity contribution in [3.05, 3.63) is 27.4 Å². The van der Waals surface area contributed by atoms with Crippen LogP contribution in [0.3, 0.4) is 0 Å². The van der Waals surface area contributed by atoms with Crippen molar-refractivity contribution in [1.29, 1.82) is 0 Å². The molecule has 0 aliphatic heterocycles. The number of aryl methyl sites for hydroxylation is 1. The summed E-state index contributed by atoms with van der Waals surface area (Å²) in [5.74, 6) is -1.37. The molecule has 0 aliphatic rings. The zero-order valence-corrected chi connectivity index (χ0v) is 12.3. The van der Waals surface area contributed by atoms with Gasteiger partial charge in [0.25, 0.3) is 0 Å². The van der Waals surface area contributed by atoms with E-state index in [9.17, 15) is 14.4 Å². The lowest BCUT2D eigenvalue weighted by Gasteiger charge is -2.14. The Bertz CT molecular complexity index is 594. The monoisotopic (exact) mass is 297 g/mol. The molecule has 0 fully saturated rings. The molecular formula is C13H19N3O5. The molecule has 8 nitrogen and oxygen atoms in total. The number of hydrogen-bond acceptors (Lipinski definition) is 5. The second kappa shape index (κ2) is 7.53. The summed E-state index contributed by atoms with van der Waals surface area (Å²) in [4.78, 5) is 38.2. The maximum Gasteiger partial charge on any atom is 0.348 e. The molecule has 1 aromatic heterocycles. The van der Waals surface area contributed by atoms with E-state index in [0.717, 1.165) is 0 Å². The summed E-state index contributed by atoms with van der Waals surface area (Å²) in [6.45, 7) is 3.70. The van der Waals surface area contributed by atoms with E-state index < -0.39 is 11.7 Å². The van der Waals surface area contributed by atoms with Gasteiger partial charge in [0.05, 0.1) is 13.0 Å². The molecule has 0 bridgehead atoms. The van der Waals surface area contributed by atoms with Crippen LogP contribution in [0.15, 0.2) is 4.79 Å². The van der Waals surface area contributed by atoms with Crippen molar-refractivity contribution in [2.24, 2.45) is 0 Å². The minimum atomic E-state index is -1.02. The number of methoxy groups -OCH3 is 1. The molecule has 1 heterocycles. The average molecular weight is 297 g/mol. The van der Waals surface area contributed by atoms with Gasteiger partial charge in [-0.05, 0) is 13.8 Å². The molecule has 1 aromatic rings. The number of nitrogens with one attached hydrogen (secondary N) is 1. The zero-order chi connectivity index (χ0) is 16.0. The van der Waals surface area contributed by atoms with Gasteiger partial charge < -0.3 is 15.2 Å². The molecule has 0 aliphatic carbocycles. The molecular weight excluding hydrogens is 278 g/mol. The Hall–Kier alpha value is -2.22. The van der Waals surface area contributed by atoms with Crippen LogP contribution < -0.4 is 11.0 Å². The summed E-state index contributed by atoms with van der Waals surface area (Å²) in [6, 6.07) is 0. The molecule has 0 aromatic carbocycles. The summed E-state index contributed by atoms with van der Waals surface area (Å²) >= 11 is 0. The summed E-state index contributed by atoms with van der Waals surface area (Å²) < 4.78 is 5.98. The summed E-state index contributed by atoms with van der Waals surface area (Å²) in [6.07, 6.45) is -0.240. The van der Waals surface area contributed by atoms with Crippen molar-refractivity contribution in [1.82, 2.24) is 14.9 Å². The lowest BCUT2D eigenvalue weighted by atomic mass is 10.1. The maximum atomic E-state index is 11.9. The molecule has 0 atom stereocenters. The van der Waals surface area contributed by atoms with Crippen LogP contribution in [0.1, 0.15) is 17.0 Å². The fourth-order valence-electron chi connectivity index (χ4n) is 1.92. The van der Waals surface area contributed by atoms with Gasteiger partial charge in [0.1, 0.15) is 6.54 Å². The van der Waals surface area contributed by atoms with Gasteiger partial charge in [-0.15, -0.1) is 0 Å². The van der Waals surface area contributed by atoms with Gasteiger partial charge in [-0.25, -0.2) is 4.79 Å². The third-order valence-electron chi connectivity index (χ3n) is 3.03. The summed E-state index contributed by atoms with van der Waals surface area (Å²) in [5.41, 5.74) is 0.695. The number of carbonyl (C=O) groups is 2. The number of carbonyl (C=O) groups excluding carboxylic acids is 1. The predicted octanol–water partition coefficient (Wildman–Crippen LogP) is -0.750. The number of aromatic nitrogens is 2. The first-order chi connectivity index (χ1) is 9.86. The molecule has 2 N–H and O–H groups in total. The van der Waals surface area contributed by atoms with Crippen molar-refractivity contribution in [2.45, 2.75) is 26.8 Å². The van der Waals surface area contributed by atoms with Crippen LogP contribution in [-0.2, 0) is 27.3 Å². The first kappa shape index (κ1) is 16.8. The maximum absolute atomic E-state index is 11.9. The largest absolute Gasteiger partial charge is 0.481 e.